The Balaban J connectivity index is 1.63. The Morgan fingerprint density at radius 3 is 2.76 bits per heavy atom. The number of imidazole rings is 1. The Bertz CT molecular complexity index is 1300. The van der Waals surface area contributed by atoms with E-state index in [9.17, 15) is 9.90 Å². The molecule has 0 spiro atoms. The zero-order valence-corrected chi connectivity index (χ0v) is 16.4. The highest BCUT2D eigenvalue weighted by molar-refractivity contribution is 5.80. The molecule has 0 radical (unpaired) electrons. The van der Waals surface area contributed by atoms with Crippen molar-refractivity contribution in [1.82, 2.24) is 29.2 Å². The van der Waals surface area contributed by atoms with E-state index in [-0.39, 0.29) is 17.4 Å². The van der Waals surface area contributed by atoms with Gasteiger partial charge < -0.3 is 19.4 Å². The summed E-state index contributed by atoms with van der Waals surface area (Å²) in [5, 5.41) is 14.5. The van der Waals surface area contributed by atoms with Gasteiger partial charge in [-0.15, -0.1) is 0 Å². The zero-order chi connectivity index (χ0) is 20.1. The van der Waals surface area contributed by atoms with Crippen LogP contribution in [-0.4, -0.2) is 42.1 Å². The maximum atomic E-state index is 13.0. The molecular weight excluding hydrogens is 368 g/mol. The number of piperidine rings is 1. The van der Waals surface area contributed by atoms with Gasteiger partial charge in [0.25, 0.3) is 5.56 Å². The maximum Gasteiger partial charge on any atom is 0.261 e. The fourth-order valence-electron chi connectivity index (χ4n) is 4.11. The largest absolute Gasteiger partial charge is 0.507 e. The predicted octanol–water partition coefficient (Wildman–Crippen LogP) is 2.35. The van der Waals surface area contributed by atoms with Crippen LogP contribution in [0.2, 0.25) is 0 Å². The molecule has 8 nitrogen and oxygen atoms in total. The Morgan fingerprint density at radius 1 is 1.17 bits per heavy atom. The minimum Gasteiger partial charge on any atom is -0.507 e. The van der Waals surface area contributed by atoms with Crippen molar-refractivity contribution in [3.8, 4) is 17.1 Å². The predicted molar refractivity (Wildman–Crippen MR) is 110 cm³/mol. The van der Waals surface area contributed by atoms with Gasteiger partial charge >= 0.3 is 0 Å². The van der Waals surface area contributed by atoms with Crippen LogP contribution < -0.4 is 10.9 Å². The van der Waals surface area contributed by atoms with Crippen molar-refractivity contribution in [3.05, 3.63) is 52.5 Å². The van der Waals surface area contributed by atoms with Crippen molar-refractivity contribution in [2.45, 2.75) is 32.7 Å². The first kappa shape index (κ1) is 17.8. The number of fused-ring (bicyclic) bond motifs is 2. The summed E-state index contributed by atoms with van der Waals surface area (Å²) in [6.45, 7) is 5.56. The number of aromatic nitrogens is 5. The Kier molecular flexibility index (Phi) is 4.09. The van der Waals surface area contributed by atoms with E-state index in [0.29, 0.717) is 33.5 Å². The Labute approximate surface area is 166 Å². The van der Waals surface area contributed by atoms with Gasteiger partial charge in [0.2, 0.25) is 0 Å². The molecule has 0 saturated carbocycles. The molecule has 1 fully saturated rings. The minimum atomic E-state index is -0.0676. The van der Waals surface area contributed by atoms with E-state index in [1.54, 1.807) is 17.0 Å². The summed E-state index contributed by atoms with van der Waals surface area (Å²) < 4.78 is 3.66. The smallest absolute Gasteiger partial charge is 0.261 e. The Morgan fingerprint density at radius 2 is 1.97 bits per heavy atom. The summed E-state index contributed by atoms with van der Waals surface area (Å²) in [5.41, 5.74) is 3.25. The molecule has 0 bridgehead atoms. The Hall–Kier alpha value is -3.26. The fourth-order valence-corrected chi connectivity index (χ4v) is 4.11. The molecular formula is C21H22N6O2. The van der Waals surface area contributed by atoms with Crippen LogP contribution >= 0.6 is 0 Å². The number of pyridine rings is 2. The molecule has 1 saturated heterocycles. The van der Waals surface area contributed by atoms with E-state index in [2.05, 4.69) is 20.3 Å². The van der Waals surface area contributed by atoms with Crippen LogP contribution in [0.25, 0.3) is 27.9 Å². The lowest BCUT2D eigenvalue weighted by Gasteiger charge is -2.24. The molecule has 0 atom stereocenters. The molecule has 5 rings (SSSR count). The van der Waals surface area contributed by atoms with Crippen molar-refractivity contribution in [2.24, 2.45) is 0 Å². The average Bonchev–Trinajstić information content (AvgIpc) is 3.12. The molecule has 0 unspecified atom stereocenters. The normalized spacial score (nSPS) is 15.4. The summed E-state index contributed by atoms with van der Waals surface area (Å²) >= 11 is 0. The fraction of sp³-hybridized carbons (Fsp3) is 0.333. The molecule has 0 aromatic carbocycles. The molecule has 4 aromatic rings. The van der Waals surface area contributed by atoms with E-state index in [1.165, 1.54) is 0 Å². The quantitative estimate of drug-likeness (QED) is 0.545. The van der Waals surface area contributed by atoms with Crippen molar-refractivity contribution in [3.63, 3.8) is 0 Å². The molecule has 29 heavy (non-hydrogen) atoms. The SMILES string of the molecule is Cc1cn2cc(-c3ncc4c(=O)n(C5CCNCC5)ccc4n3)c(O)c(C)c2n1. The second kappa shape index (κ2) is 6.66. The monoisotopic (exact) mass is 390 g/mol. The highest BCUT2D eigenvalue weighted by atomic mass is 16.3. The number of aromatic hydroxyl groups is 1. The number of hydrogen-bond acceptors (Lipinski definition) is 6. The number of nitrogens with one attached hydrogen (secondary N) is 1. The highest BCUT2D eigenvalue weighted by Crippen LogP contribution is 2.32. The highest BCUT2D eigenvalue weighted by Gasteiger charge is 2.19. The van der Waals surface area contributed by atoms with Crippen molar-refractivity contribution in [1.29, 1.82) is 0 Å². The van der Waals surface area contributed by atoms with Gasteiger partial charge in [-0.1, -0.05) is 0 Å². The van der Waals surface area contributed by atoms with Crippen LogP contribution in [-0.2, 0) is 0 Å². The summed E-state index contributed by atoms with van der Waals surface area (Å²) in [4.78, 5) is 26.4. The third-order valence-corrected chi connectivity index (χ3v) is 5.69. The lowest BCUT2D eigenvalue weighted by molar-refractivity contribution is 0.362. The van der Waals surface area contributed by atoms with Gasteiger partial charge in [-0.05, 0) is 45.8 Å². The summed E-state index contributed by atoms with van der Waals surface area (Å²) in [5.74, 6) is 0.482. The summed E-state index contributed by atoms with van der Waals surface area (Å²) in [6, 6.07) is 2.06. The maximum absolute atomic E-state index is 13.0. The average molecular weight is 390 g/mol. The van der Waals surface area contributed by atoms with Gasteiger partial charge in [-0.3, -0.25) is 4.79 Å². The molecule has 5 heterocycles. The lowest BCUT2D eigenvalue weighted by Crippen LogP contribution is -2.34. The third-order valence-electron chi connectivity index (χ3n) is 5.69. The van der Waals surface area contributed by atoms with Crippen LogP contribution in [0.15, 0.2) is 35.6 Å². The first-order valence-electron chi connectivity index (χ1n) is 9.80. The molecule has 8 heteroatoms. The summed E-state index contributed by atoms with van der Waals surface area (Å²) in [6.07, 6.45) is 8.92. The third kappa shape index (κ3) is 2.87. The van der Waals surface area contributed by atoms with Gasteiger partial charge in [-0.2, -0.15) is 0 Å². The van der Waals surface area contributed by atoms with Gasteiger partial charge in [0.15, 0.2) is 5.82 Å². The second-order valence-electron chi connectivity index (χ2n) is 7.63. The second-order valence-corrected chi connectivity index (χ2v) is 7.63. The zero-order valence-electron chi connectivity index (χ0n) is 16.4. The molecule has 148 valence electrons. The molecule has 0 aliphatic carbocycles. The molecule has 2 N–H and O–H groups in total. The van der Waals surface area contributed by atoms with Crippen LogP contribution in [0, 0.1) is 13.8 Å². The molecule has 0 amide bonds. The van der Waals surface area contributed by atoms with Crippen molar-refractivity contribution < 1.29 is 5.11 Å². The van der Waals surface area contributed by atoms with Crippen LogP contribution in [0.4, 0.5) is 0 Å². The van der Waals surface area contributed by atoms with E-state index in [1.807, 2.05) is 36.7 Å². The van der Waals surface area contributed by atoms with Crippen LogP contribution in [0.3, 0.4) is 0 Å². The van der Waals surface area contributed by atoms with E-state index in [4.69, 9.17) is 0 Å². The van der Waals surface area contributed by atoms with Crippen molar-refractivity contribution >= 4 is 16.6 Å². The standard InChI is InChI=1S/C21H22N6O2/c1-12-10-26-11-16(18(28)13(2)20(26)24-12)19-23-9-15-17(25-19)5-8-27(21(15)29)14-3-6-22-7-4-14/h5,8-11,14,22,28H,3-4,6-7H2,1-2H3. The summed E-state index contributed by atoms with van der Waals surface area (Å²) in [7, 11) is 0. The molecule has 1 aliphatic rings. The number of nitrogens with zero attached hydrogens (tertiary/aromatic N) is 5. The number of aryl methyl sites for hydroxylation is 2. The van der Waals surface area contributed by atoms with Crippen molar-refractivity contribution in [2.75, 3.05) is 13.1 Å². The van der Waals surface area contributed by atoms with Crippen LogP contribution in [0.1, 0.15) is 30.1 Å². The molecule has 1 aliphatic heterocycles. The first-order chi connectivity index (χ1) is 14.0. The van der Waals surface area contributed by atoms with Gasteiger partial charge in [-0.25, -0.2) is 15.0 Å². The topological polar surface area (TPSA) is 97.3 Å². The van der Waals surface area contributed by atoms with E-state index >= 15 is 0 Å². The number of hydrogen-bond donors (Lipinski definition) is 2. The van der Waals surface area contributed by atoms with Gasteiger partial charge in [0.05, 0.1) is 22.2 Å². The lowest BCUT2D eigenvalue weighted by atomic mass is 10.1. The van der Waals surface area contributed by atoms with Gasteiger partial charge in [0, 0.05) is 36.4 Å². The minimum absolute atomic E-state index is 0.0676. The van der Waals surface area contributed by atoms with E-state index < -0.39 is 0 Å². The first-order valence-corrected chi connectivity index (χ1v) is 9.80. The number of rotatable bonds is 2. The van der Waals surface area contributed by atoms with Crippen LogP contribution in [0.5, 0.6) is 5.75 Å². The van der Waals surface area contributed by atoms with Gasteiger partial charge in [0.1, 0.15) is 11.4 Å². The van der Waals surface area contributed by atoms with E-state index in [0.717, 1.165) is 31.6 Å². The molecule has 4 aromatic heterocycles.